The van der Waals surface area contributed by atoms with E-state index in [1.165, 1.54) is 23.9 Å². The van der Waals surface area contributed by atoms with Gasteiger partial charge in [-0.15, -0.1) is 10.2 Å². The van der Waals surface area contributed by atoms with Crippen LogP contribution in [0, 0.1) is 5.82 Å². The summed E-state index contributed by atoms with van der Waals surface area (Å²) in [6, 6.07) is 13.8. The van der Waals surface area contributed by atoms with Gasteiger partial charge in [0, 0.05) is 26.2 Å². The van der Waals surface area contributed by atoms with E-state index in [4.69, 9.17) is 4.74 Å². The molecule has 0 aliphatic carbocycles. The largest absolute Gasteiger partial charge is 0.497 e. The molecule has 0 radical (unpaired) electrons. The first kappa shape index (κ1) is 20.9. The molecule has 8 heteroatoms. The molecule has 3 aromatic rings. The summed E-state index contributed by atoms with van der Waals surface area (Å²) in [6.07, 6.45) is 0. The number of thioether (sulfide) groups is 1. The average molecular weight is 415 g/mol. The zero-order valence-electron chi connectivity index (χ0n) is 16.8. The predicted octanol–water partition coefficient (Wildman–Crippen LogP) is 3.77. The molecular formula is C21H23FN4O2S. The van der Waals surface area contributed by atoms with Crippen LogP contribution >= 0.6 is 11.8 Å². The van der Waals surface area contributed by atoms with E-state index < -0.39 is 0 Å². The van der Waals surface area contributed by atoms with E-state index in [1.54, 1.807) is 31.2 Å². The van der Waals surface area contributed by atoms with Gasteiger partial charge < -0.3 is 14.2 Å². The lowest BCUT2D eigenvalue weighted by Crippen LogP contribution is -2.33. The number of ether oxygens (including phenoxy) is 1. The number of nitrogens with zero attached hydrogens (tertiary/aromatic N) is 4. The van der Waals surface area contributed by atoms with Crippen LogP contribution in [0.2, 0.25) is 0 Å². The van der Waals surface area contributed by atoms with Gasteiger partial charge in [0.15, 0.2) is 11.0 Å². The van der Waals surface area contributed by atoms with Crippen molar-refractivity contribution in [3.8, 4) is 17.1 Å². The van der Waals surface area contributed by atoms with Crippen molar-refractivity contribution in [2.45, 2.75) is 23.9 Å². The number of benzene rings is 2. The SMILES string of the molecule is COc1ccc(-c2nnc(S[C@H](C)C(=O)N(C)Cc3cccc(F)c3)n2C)cc1. The minimum atomic E-state index is -0.361. The van der Waals surface area contributed by atoms with Gasteiger partial charge in [-0.05, 0) is 48.9 Å². The number of hydrogen-bond donors (Lipinski definition) is 0. The molecule has 0 saturated carbocycles. The molecule has 3 rings (SSSR count). The predicted molar refractivity (Wildman–Crippen MR) is 111 cm³/mol. The lowest BCUT2D eigenvalue weighted by molar-refractivity contribution is -0.129. The van der Waals surface area contributed by atoms with Gasteiger partial charge in [0.1, 0.15) is 11.6 Å². The van der Waals surface area contributed by atoms with Gasteiger partial charge in [-0.2, -0.15) is 0 Å². The average Bonchev–Trinajstić information content (AvgIpc) is 3.07. The van der Waals surface area contributed by atoms with Crippen LogP contribution in [0.4, 0.5) is 4.39 Å². The van der Waals surface area contributed by atoms with Crippen molar-refractivity contribution in [1.29, 1.82) is 0 Å². The molecule has 152 valence electrons. The molecule has 0 unspecified atom stereocenters. The van der Waals surface area contributed by atoms with Crippen LogP contribution in [0.1, 0.15) is 12.5 Å². The first-order valence-corrected chi connectivity index (χ1v) is 9.97. The third kappa shape index (κ3) is 4.95. The molecule has 0 N–H and O–H groups in total. The van der Waals surface area contributed by atoms with Gasteiger partial charge >= 0.3 is 0 Å². The molecule has 2 aromatic carbocycles. The van der Waals surface area contributed by atoms with E-state index in [9.17, 15) is 9.18 Å². The smallest absolute Gasteiger partial charge is 0.235 e. The molecule has 0 bridgehead atoms. The van der Waals surface area contributed by atoms with Crippen LogP contribution in [-0.4, -0.2) is 45.0 Å². The Hall–Kier alpha value is -2.87. The van der Waals surface area contributed by atoms with Gasteiger partial charge in [-0.3, -0.25) is 4.79 Å². The Morgan fingerprint density at radius 3 is 2.62 bits per heavy atom. The number of rotatable bonds is 7. The molecule has 6 nitrogen and oxygen atoms in total. The molecule has 29 heavy (non-hydrogen) atoms. The van der Waals surface area contributed by atoms with Crippen molar-refractivity contribution >= 4 is 17.7 Å². The van der Waals surface area contributed by atoms with Crippen molar-refractivity contribution in [2.24, 2.45) is 7.05 Å². The van der Waals surface area contributed by atoms with Crippen LogP contribution in [0.5, 0.6) is 5.75 Å². The Balaban J connectivity index is 1.67. The first-order valence-electron chi connectivity index (χ1n) is 9.09. The molecule has 1 atom stereocenters. The van der Waals surface area contributed by atoms with Crippen molar-refractivity contribution < 1.29 is 13.9 Å². The van der Waals surface area contributed by atoms with E-state index in [2.05, 4.69) is 10.2 Å². The summed E-state index contributed by atoms with van der Waals surface area (Å²) in [7, 11) is 5.20. The summed E-state index contributed by atoms with van der Waals surface area (Å²) >= 11 is 1.34. The van der Waals surface area contributed by atoms with Crippen molar-refractivity contribution in [2.75, 3.05) is 14.2 Å². The standard InChI is InChI=1S/C21H23FN4O2S/c1-14(20(27)25(2)13-15-6-5-7-17(22)12-15)29-21-24-23-19(26(21)3)16-8-10-18(28-4)11-9-16/h5-12,14H,13H2,1-4H3/t14-/m1/s1. The monoisotopic (exact) mass is 414 g/mol. The highest BCUT2D eigenvalue weighted by atomic mass is 32.2. The Bertz CT molecular complexity index is 991. The number of amides is 1. The maximum absolute atomic E-state index is 13.4. The highest BCUT2D eigenvalue weighted by Gasteiger charge is 2.22. The van der Waals surface area contributed by atoms with Gasteiger partial charge in [-0.25, -0.2) is 4.39 Å². The molecule has 0 spiro atoms. The molecule has 1 amide bonds. The van der Waals surface area contributed by atoms with Crippen LogP contribution in [0.15, 0.2) is 53.7 Å². The minimum absolute atomic E-state index is 0.0618. The molecule has 0 fully saturated rings. The number of carbonyl (C=O) groups is 1. The molecule has 0 aliphatic heterocycles. The van der Waals surface area contributed by atoms with Gasteiger partial charge in [0.25, 0.3) is 0 Å². The highest BCUT2D eigenvalue weighted by molar-refractivity contribution is 8.00. The lowest BCUT2D eigenvalue weighted by Gasteiger charge is -2.21. The number of halogens is 1. The molecule has 0 aliphatic rings. The zero-order valence-corrected chi connectivity index (χ0v) is 17.6. The van der Waals surface area contributed by atoms with Crippen molar-refractivity contribution in [3.05, 3.63) is 59.9 Å². The van der Waals surface area contributed by atoms with Crippen LogP contribution in [0.3, 0.4) is 0 Å². The number of carbonyl (C=O) groups excluding carboxylic acids is 1. The lowest BCUT2D eigenvalue weighted by atomic mass is 10.2. The maximum atomic E-state index is 13.4. The minimum Gasteiger partial charge on any atom is -0.497 e. The fraction of sp³-hybridized carbons (Fsp3) is 0.286. The summed E-state index contributed by atoms with van der Waals surface area (Å²) in [4.78, 5) is 14.3. The number of methoxy groups -OCH3 is 1. The normalized spacial score (nSPS) is 11.9. The van der Waals surface area contributed by atoms with Gasteiger partial charge in [0.2, 0.25) is 5.91 Å². The second-order valence-electron chi connectivity index (χ2n) is 6.68. The Kier molecular flexibility index (Phi) is 6.53. The first-order chi connectivity index (χ1) is 13.9. The molecule has 1 heterocycles. The zero-order chi connectivity index (χ0) is 21.0. The topological polar surface area (TPSA) is 60.3 Å². The summed E-state index contributed by atoms with van der Waals surface area (Å²) in [5.41, 5.74) is 1.66. The summed E-state index contributed by atoms with van der Waals surface area (Å²) in [6.45, 7) is 2.17. The fourth-order valence-electron chi connectivity index (χ4n) is 2.91. The Labute approximate surface area is 173 Å². The molecule has 1 aromatic heterocycles. The summed E-state index contributed by atoms with van der Waals surface area (Å²) in [5.74, 6) is 1.11. The van der Waals surface area contributed by atoms with Crippen LogP contribution in [0.25, 0.3) is 11.4 Å². The third-order valence-electron chi connectivity index (χ3n) is 4.50. The summed E-state index contributed by atoms with van der Waals surface area (Å²) in [5, 5.41) is 8.79. The van der Waals surface area contributed by atoms with E-state index in [1.807, 2.05) is 42.8 Å². The van der Waals surface area contributed by atoms with Crippen molar-refractivity contribution in [1.82, 2.24) is 19.7 Å². The van der Waals surface area contributed by atoms with E-state index in [0.29, 0.717) is 17.5 Å². The summed E-state index contributed by atoms with van der Waals surface area (Å²) < 4.78 is 20.4. The van der Waals surface area contributed by atoms with Crippen molar-refractivity contribution in [3.63, 3.8) is 0 Å². The molecular weight excluding hydrogens is 391 g/mol. The van der Waals surface area contributed by atoms with E-state index >= 15 is 0 Å². The highest BCUT2D eigenvalue weighted by Crippen LogP contribution is 2.27. The van der Waals surface area contributed by atoms with Gasteiger partial charge in [-0.1, -0.05) is 23.9 Å². The van der Waals surface area contributed by atoms with E-state index in [-0.39, 0.29) is 17.0 Å². The maximum Gasteiger partial charge on any atom is 0.235 e. The second kappa shape index (κ2) is 9.09. The van der Waals surface area contributed by atoms with Gasteiger partial charge in [0.05, 0.1) is 12.4 Å². The Morgan fingerprint density at radius 1 is 1.24 bits per heavy atom. The number of aromatic nitrogens is 3. The molecule has 0 saturated heterocycles. The van der Waals surface area contributed by atoms with Crippen LogP contribution < -0.4 is 4.74 Å². The fourth-order valence-corrected chi connectivity index (χ4v) is 3.84. The second-order valence-corrected chi connectivity index (χ2v) is 7.99. The van der Waals surface area contributed by atoms with Crippen LogP contribution in [-0.2, 0) is 18.4 Å². The van der Waals surface area contributed by atoms with E-state index in [0.717, 1.165) is 16.9 Å². The number of hydrogen-bond acceptors (Lipinski definition) is 5. The Morgan fingerprint density at radius 2 is 1.97 bits per heavy atom. The quantitative estimate of drug-likeness (QED) is 0.551. The third-order valence-corrected chi connectivity index (χ3v) is 5.62.